The molecule has 1 heterocycles. The molecule has 1 aromatic heterocycles. The summed E-state index contributed by atoms with van der Waals surface area (Å²) in [5.74, 6) is -0.589. The van der Waals surface area contributed by atoms with E-state index in [9.17, 15) is 9.18 Å². The van der Waals surface area contributed by atoms with Crippen molar-refractivity contribution in [2.45, 2.75) is 0 Å². The Bertz CT molecular complexity index is 678. The number of amides is 1. The minimum Gasteiger partial charge on any atom is -0.372 e. The fourth-order valence-corrected chi connectivity index (χ4v) is 1.47. The molecule has 7 heteroatoms. The molecule has 0 saturated carbocycles. The SMILES string of the molecule is CNc1ccc(C(=O)Nc2ccc(F)c(C#N)c2)nn1. The number of hydrogen-bond acceptors (Lipinski definition) is 5. The number of nitrogens with zero attached hydrogens (tertiary/aromatic N) is 3. The number of anilines is 2. The van der Waals surface area contributed by atoms with Crippen LogP contribution >= 0.6 is 0 Å². The third-order valence-corrected chi connectivity index (χ3v) is 2.50. The van der Waals surface area contributed by atoms with Gasteiger partial charge in [-0.25, -0.2) is 4.39 Å². The van der Waals surface area contributed by atoms with Crippen LogP contribution in [0.2, 0.25) is 0 Å². The first-order valence-corrected chi connectivity index (χ1v) is 5.66. The van der Waals surface area contributed by atoms with Crippen molar-refractivity contribution >= 4 is 17.4 Å². The number of benzene rings is 1. The Morgan fingerprint density at radius 2 is 2.10 bits per heavy atom. The first kappa shape index (κ1) is 13.4. The summed E-state index contributed by atoms with van der Waals surface area (Å²) in [4.78, 5) is 11.9. The van der Waals surface area contributed by atoms with Gasteiger partial charge in [-0.2, -0.15) is 5.26 Å². The van der Waals surface area contributed by atoms with Crippen LogP contribution in [0.25, 0.3) is 0 Å². The Labute approximate surface area is 114 Å². The quantitative estimate of drug-likeness (QED) is 0.888. The van der Waals surface area contributed by atoms with E-state index in [-0.39, 0.29) is 11.3 Å². The van der Waals surface area contributed by atoms with Crippen LogP contribution in [0.4, 0.5) is 15.9 Å². The molecule has 2 N–H and O–H groups in total. The number of nitrogens with one attached hydrogen (secondary N) is 2. The van der Waals surface area contributed by atoms with Crippen molar-refractivity contribution in [1.82, 2.24) is 10.2 Å². The van der Waals surface area contributed by atoms with E-state index in [0.717, 1.165) is 6.07 Å². The van der Waals surface area contributed by atoms with Gasteiger partial charge in [0.2, 0.25) is 0 Å². The molecule has 2 aromatic rings. The van der Waals surface area contributed by atoms with Gasteiger partial charge in [-0.3, -0.25) is 4.79 Å². The van der Waals surface area contributed by atoms with Crippen molar-refractivity contribution in [2.24, 2.45) is 0 Å². The van der Waals surface area contributed by atoms with Gasteiger partial charge in [0.25, 0.3) is 5.91 Å². The van der Waals surface area contributed by atoms with E-state index >= 15 is 0 Å². The molecule has 0 bridgehead atoms. The minimum absolute atomic E-state index is 0.117. The summed E-state index contributed by atoms with van der Waals surface area (Å²) in [5.41, 5.74) is 0.290. The molecule has 0 spiro atoms. The van der Waals surface area contributed by atoms with Crippen molar-refractivity contribution in [2.75, 3.05) is 17.7 Å². The highest BCUT2D eigenvalue weighted by Crippen LogP contribution is 2.14. The predicted molar refractivity (Wildman–Crippen MR) is 70.6 cm³/mol. The lowest BCUT2D eigenvalue weighted by atomic mass is 10.2. The summed E-state index contributed by atoms with van der Waals surface area (Å²) < 4.78 is 13.1. The summed E-state index contributed by atoms with van der Waals surface area (Å²) in [7, 11) is 1.69. The van der Waals surface area contributed by atoms with E-state index in [0.29, 0.717) is 11.5 Å². The first-order chi connectivity index (χ1) is 9.63. The van der Waals surface area contributed by atoms with Gasteiger partial charge in [0.05, 0.1) is 5.56 Å². The molecule has 0 aliphatic heterocycles. The van der Waals surface area contributed by atoms with Gasteiger partial charge in [0, 0.05) is 12.7 Å². The third-order valence-electron chi connectivity index (χ3n) is 2.50. The highest BCUT2D eigenvalue weighted by molar-refractivity contribution is 6.02. The van der Waals surface area contributed by atoms with Crippen molar-refractivity contribution in [1.29, 1.82) is 5.26 Å². The normalized spacial score (nSPS) is 9.65. The van der Waals surface area contributed by atoms with Crippen LogP contribution in [-0.4, -0.2) is 23.2 Å². The van der Waals surface area contributed by atoms with E-state index in [2.05, 4.69) is 20.8 Å². The van der Waals surface area contributed by atoms with Crippen LogP contribution in [0, 0.1) is 17.1 Å². The molecule has 0 aliphatic rings. The lowest BCUT2D eigenvalue weighted by molar-refractivity contribution is 0.102. The van der Waals surface area contributed by atoms with E-state index in [1.54, 1.807) is 19.2 Å². The number of rotatable bonds is 3. The number of halogens is 1. The van der Waals surface area contributed by atoms with Gasteiger partial charge in [0.15, 0.2) is 5.69 Å². The summed E-state index contributed by atoms with van der Waals surface area (Å²) >= 11 is 0. The van der Waals surface area contributed by atoms with Gasteiger partial charge in [-0.05, 0) is 30.3 Å². The number of carbonyl (C=O) groups excluding carboxylic acids is 1. The molecule has 1 aromatic carbocycles. The molecule has 100 valence electrons. The predicted octanol–water partition coefficient (Wildman–Crippen LogP) is 1.78. The van der Waals surface area contributed by atoms with Crippen LogP contribution in [0.15, 0.2) is 30.3 Å². The Kier molecular flexibility index (Phi) is 3.86. The zero-order valence-electron chi connectivity index (χ0n) is 10.5. The third kappa shape index (κ3) is 2.87. The fraction of sp³-hybridized carbons (Fsp3) is 0.0769. The molecule has 0 fully saturated rings. The summed E-state index contributed by atoms with van der Waals surface area (Å²) in [5, 5.41) is 21.5. The molecule has 0 aliphatic carbocycles. The van der Waals surface area contributed by atoms with Crippen LogP contribution in [0.5, 0.6) is 0 Å². The van der Waals surface area contributed by atoms with E-state index in [1.165, 1.54) is 18.2 Å². The van der Waals surface area contributed by atoms with Crippen LogP contribution in [0.3, 0.4) is 0 Å². The number of aromatic nitrogens is 2. The van der Waals surface area contributed by atoms with E-state index in [1.807, 2.05) is 0 Å². The molecular weight excluding hydrogens is 261 g/mol. The lowest BCUT2D eigenvalue weighted by Gasteiger charge is -2.05. The highest BCUT2D eigenvalue weighted by Gasteiger charge is 2.10. The van der Waals surface area contributed by atoms with E-state index in [4.69, 9.17) is 5.26 Å². The maximum Gasteiger partial charge on any atom is 0.276 e. The van der Waals surface area contributed by atoms with Crippen LogP contribution < -0.4 is 10.6 Å². The highest BCUT2D eigenvalue weighted by atomic mass is 19.1. The van der Waals surface area contributed by atoms with Crippen LogP contribution in [-0.2, 0) is 0 Å². The second kappa shape index (κ2) is 5.75. The Hall–Kier alpha value is -3.01. The standard InChI is InChI=1S/C13H10FN5O/c1-16-12-5-4-11(18-19-12)13(20)17-9-2-3-10(14)8(6-9)7-15/h2-6H,1H3,(H,16,19)(H,17,20). The second-order valence-corrected chi connectivity index (χ2v) is 3.81. The van der Waals surface area contributed by atoms with Gasteiger partial charge in [0.1, 0.15) is 17.7 Å². The topological polar surface area (TPSA) is 90.7 Å². The average Bonchev–Trinajstić information content (AvgIpc) is 2.49. The fourth-order valence-electron chi connectivity index (χ4n) is 1.47. The molecule has 0 radical (unpaired) electrons. The van der Waals surface area contributed by atoms with Gasteiger partial charge in [-0.15, -0.1) is 10.2 Å². The molecule has 2 rings (SSSR count). The number of hydrogen-bond donors (Lipinski definition) is 2. The smallest absolute Gasteiger partial charge is 0.276 e. The van der Waals surface area contributed by atoms with Crippen LogP contribution in [0.1, 0.15) is 16.1 Å². The maximum absolute atomic E-state index is 13.1. The number of nitriles is 1. The van der Waals surface area contributed by atoms with E-state index < -0.39 is 11.7 Å². The number of carbonyl (C=O) groups is 1. The largest absolute Gasteiger partial charge is 0.372 e. The second-order valence-electron chi connectivity index (χ2n) is 3.81. The van der Waals surface area contributed by atoms with Crippen molar-refractivity contribution < 1.29 is 9.18 Å². The molecule has 0 unspecified atom stereocenters. The minimum atomic E-state index is -0.635. The Morgan fingerprint density at radius 3 is 2.70 bits per heavy atom. The molecule has 1 amide bonds. The molecule has 0 atom stereocenters. The molecule has 20 heavy (non-hydrogen) atoms. The Morgan fingerprint density at radius 1 is 1.30 bits per heavy atom. The van der Waals surface area contributed by atoms with Crippen molar-refractivity contribution in [3.8, 4) is 6.07 Å². The van der Waals surface area contributed by atoms with Crippen molar-refractivity contribution in [3.63, 3.8) is 0 Å². The summed E-state index contributed by atoms with van der Waals surface area (Å²) in [6, 6.07) is 8.54. The van der Waals surface area contributed by atoms with Gasteiger partial charge < -0.3 is 10.6 Å². The first-order valence-electron chi connectivity index (χ1n) is 5.66. The maximum atomic E-state index is 13.1. The summed E-state index contributed by atoms with van der Waals surface area (Å²) in [6.07, 6.45) is 0. The monoisotopic (exact) mass is 271 g/mol. The molecular formula is C13H10FN5O. The Balaban J connectivity index is 2.17. The van der Waals surface area contributed by atoms with Crippen molar-refractivity contribution in [3.05, 3.63) is 47.4 Å². The zero-order chi connectivity index (χ0) is 14.5. The summed E-state index contributed by atoms with van der Waals surface area (Å²) in [6.45, 7) is 0. The van der Waals surface area contributed by atoms with Gasteiger partial charge in [-0.1, -0.05) is 0 Å². The lowest BCUT2D eigenvalue weighted by Crippen LogP contribution is -2.14. The van der Waals surface area contributed by atoms with Gasteiger partial charge >= 0.3 is 0 Å². The average molecular weight is 271 g/mol. The molecule has 0 saturated heterocycles. The molecule has 6 nitrogen and oxygen atoms in total. The zero-order valence-corrected chi connectivity index (χ0v) is 10.5.